The average molecular weight is 405 g/mol. The predicted molar refractivity (Wildman–Crippen MR) is 103 cm³/mol. The normalized spacial score (nSPS) is 18.8. The summed E-state index contributed by atoms with van der Waals surface area (Å²) in [6.07, 6.45) is 1.85. The van der Waals surface area contributed by atoms with Gasteiger partial charge in [0.15, 0.2) is 6.10 Å². The molecule has 0 radical (unpaired) electrons. The number of amides is 4. The summed E-state index contributed by atoms with van der Waals surface area (Å²) in [5.41, 5.74) is 1.24. The molecule has 1 atom stereocenters. The van der Waals surface area contributed by atoms with Crippen LogP contribution in [0.2, 0.25) is 0 Å². The molecule has 2 N–H and O–H groups in total. The number of anilines is 1. The molecule has 2 aliphatic rings. The number of aromatic nitrogens is 2. The maximum absolute atomic E-state index is 12.6. The minimum absolute atomic E-state index is 0.0690. The van der Waals surface area contributed by atoms with E-state index in [-0.39, 0.29) is 18.9 Å². The van der Waals surface area contributed by atoms with Crippen molar-refractivity contribution >= 4 is 29.5 Å². The third-order valence-electron chi connectivity index (χ3n) is 5.68. The Morgan fingerprint density at radius 3 is 2.52 bits per heavy atom. The number of nitrogens with zero attached hydrogens (tertiary/aromatic N) is 3. The van der Waals surface area contributed by atoms with Crippen molar-refractivity contribution < 1.29 is 23.9 Å². The van der Waals surface area contributed by atoms with E-state index in [2.05, 4.69) is 15.7 Å². The highest BCUT2D eigenvalue weighted by atomic mass is 16.5. The summed E-state index contributed by atoms with van der Waals surface area (Å²) in [6, 6.07) is -0.474. The molecule has 4 amide bonds. The van der Waals surface area contributed by atoms with Gasteiger partial charge in [0.1, 0.15) is 5.54 Å². The molecule has 1 saturated heterocycles. The van der Waals surface area contributed by atoms with E-state index in [1.54, 1.807) is 18.7 Å². The Kier molecular flexibility index (Phi) is 5.63. The summed E-state index contributed by atoms with van der Waals surface area (Å²) in [6.45, 7) is 4.99. The van der Waals surface area contributed by atoms with Crippen LogP contribution in [0.3, 0.4) is 0 Å². The van der Waals surface area contributed by atoms with E-state index in [0.29, 0.717) is 24.2 Å². The Bertz CT molecular complexity index is 855. The lowest BCUT2D eigenvalue weighted by Crippen LogP contribution is -2.44. The van der Waals surface area contributed by atoms with Crippen molar-refractivity contribution in [3.8, 4) is 0 Å². The number of hydrogen-bond acceptors (Lipinski definition) is 6. The Morgan fingerprint density at radius 2 is 1.93 bits per heavy atom. The van der Waals surface area contributed by atoms with Gasteiger partial charge >= 0.3 is 12.0 Å². The fourth-order valence-electron chi connectivity index (χ4n) is 3.89. The van der Waals surface area contributed by atoms with Crippen molar-refractivity contribution in [2.45, 2.75) is 64.5 Å². The van der Waals surface area contributed by atoms with Gasteiger partial charge in [-0.2, -0.15) is 5.10 Å². The van der Waals surface area contributed by atoms with Crippen molar-refractivity contribution in [1.82, 2.24) is 20.0 Å². The molecule has 1 aromatic rings. The van der Waals surface area contributed by atoms with Gasteiger partial charge in [-0.15, -0.1) is 0 Å². The van der Waals surface area contributed by atoms with Crippen molar-refractivity contribution in [3.05, 3.63) is 11.4 Å². The van der Waals surface area contributed by atoms with Gasteiger partial charge in [-0.05, 0) is 33.6 Å². The number of urea groups is 1. The fourth-order valence-corrected chi connectivity index (χ4v) is 3.89. The molecule has 1 aromatic heterocycles. The molecule has 2 heterocycles. The Balaban J connectivity index is 1.50. The van der Waals surface area contributed by atoms with Crippen LogP contribution in [0.15, 0.2) is 0 Å². The van der Waals surface area contributed by atoms with E-state index in [1.165, 1.54) is 6.92 Å². The molecule has 1 spiro atoms. The van der Waals surface area contributed by atoms with E-state index in [9.17, 15) is 19.2 Å². The van der Waals surface area contributed by atoms with Gasteiger partial charge in [0.05, 0.1) is 23.5 Å². The lowest BCUT2D eigenvalue weighted by molar-refractivity contribution is -0.153. The number of carbonyl (C=O) groups is 4. The van der Waals surface area contributed by atoms with Gasteiger partial charge in [0.25, 0.3) is 11.8 Å². The first-order valence-corrected chi connectivity index (χ1v) is 9.79. The van der Waals surface area contributed by atoms with Crippen LogP contribution in [0.25, 0.3) is 0 Å². The monoisotopic (exact) mass is 405 g/mol. The topological polar surface area (TPSA) is 123 Å². The molecular weight excluding hydrogens is 378 g/mol. The van der Waals surface area contributed by atoms with Gasteiger partial charge < -0.3 is 15.4 Å². The zero-order valence-corrected chi connectivity index (χ0v) is 17.2. The number of imide groups is 1. The van der Waals surface area contributed by atoms with Crippen LogP contribution in [0.4, 0.5) is 10.5 Å². The van der Waals surface area contributed by atoms with Crippen LogP contribution in [0.5, 0.6) is 0 Å². The summed E-state index contributed by atoms with van der Waals surface area (Å²) in [7, 11) is 1.77. The number of ether oxygens (including phenoxy) is 1. The summed E-state index contributed by atoms with van der Waals surface area (Å²) in [4.78, 5) is 50.3. The Labute approximate surface area is 168 Å². The van der Waals surface area contributed by atoms with Crippen LogP contribution in [-0.2, 0) is 26.2 Å². The molecule has 0 aromatic carbocycles. The molecule has 1 aliphatic heterocycles. The summed E-state index contributed by atoms with van der Waals surface area (Å²) >= 11 is 0. The number of hydrogen-bond donors (Lipinski definition) is 2. The highest BCUT2D eigenvalue weighted by molar-refractivity contribution is 6.07. The average Bonchev–Trinajstić information content (AvgIpc) is 3.29. The first kappa shape index (κ1) is 20.8. The number of carbonyl (C=O) groups excluding carboxylic acids is 4. The molecule has 10 nitrogen and oxygen atoms in total. The quantitative estimate of drug-likeness (QED) is 0.541. The standard InChI is InChI=1S/C19H27N5O5/c1-11-15(12(2)23(4)22-11)20-16(26)13(3)29-14(25)7-10-24-17(27)19(21-18(24)28)8-5-6-9-19/h13H,5-10H2,1-4H3,(H,20,26)(H,21,28)/t13-/m1/s1. The van der Waals surface area contributed by atoms with Crippen molar-refractivity contribution in [2.24, 2.45) is 7.05 Å². The molecule has 158 valence electrons. The first-order chi connectivity index (χ1) is 13.6. The molecule has 10 heteroatoms. The van der Waals surface area contributed by atoms with Crippen LogP contribution in [-0.4, -0.2) is 56.7 Å². The Morgan fingerprint density at radius 1 is 1.28 bits per heavy atom. The molecule has 3 rings (SSSR count). The molecule has 29 heavy (non-hydrogen) atoms. The van der Waals surface area contributed by atoms with Gasteiger partial charge in [0.2, 0.25) is 0 Å². The second-order valence-corrected chi connectivity index (χ2v) is 7.72. The zero-order valence-electron chi connectivity index (χ0n) is 17.2. The van der Waals surface area contributed by atoms with Crippen molar-refractivity contribution in [2.75, 3.05) is 11.9 Å². The Hall–Kier alpha value is -2.91. The smallest absolute Gasteiger partial charge is 0.325 e. The minimum atomic E-state index is -1.02. The summed E-state index contributed by atoms with van der Waals surface area (Å²) in [5.74, 6) is -1.40. The van der Waals surface area contributed by atoms with Gasteiger partial charge in [0, 0.05) is 13.6 Å². The maximum atomic E-state index is 12.6. The minimum Gasteiger partial charge on any atom is -0.452 e. The van der Waals surface area contributed by atoms with Crippen LogP contribution in [0, 0.1) is 13.8 Å². The van der Waals surface area contributed by atoms with E-state index in [0.717, 1.165) is 23.4 Å². The second-order valence-electron chi connectivity index (χ2n) is 7.72. The highest BCUT2D eigenvalue weighted by Gasteiger charge is 2.52. The van der Waals surface area contributed by atoms with E-state index >= 15 is 0 Å². The zero-order chi connectivity index (χ0) is 21.3. The lowest BCUT2D eigenvalue weighted by Gasteiger charge is -2.20. The number of aryl methyl sites for hydroxylation is 2. The van der Waals surface area contributed by atoms with Gasteiger partial charge in [-0.25, -0.2) is 4.79 Å². The fraction of sp³-hybridized carbons (Fsp3) is 0.632. The number of rotatable bonds is 6. The first-order valence-electron chi connectivity index (χ1n) is 9.79. The van der Waals surface area contributed by atoms with E-state index in [4.69, 9.17) is 4.74 Å². The lowest BCUT2D eigenvalue weighted by atomic mass is 9.98. The molecule has 1 aliphatic carbocycles. The number of nitrogens with one attached hydrogen (secondary N) is 2. The van der Waals surface area contributed by atoms with Crippen LogP contribution in [0.1, 0.15) is 50.4 Å². The SMILES string of the molecule is Cc1nn(C)c(C)c1NC(=O)[C@@H](C)OC(=O)CCN1C(=O)NC2(CCCC2)C1=O. The highest BCUT2D eigenvalue weighted by Crippen LogP contribution is 2.35. The molecule has 0 bridgehead atoms. The van der Waals surface area contributed by atoms with Crippen molar-refractivity contribution in [3.63, 3.8) is 0 Å². The summed E-state index contributed by atoms with van der Waals surface area (Å²) in [5, 5.41) is 9.71. The van der Waals surface area contributed by atoms with E-state index in [1.807, 2.05) is 6.92 Å². The largest absolute Gasteiger partial charge is 0.452 e. The molecule has 2 fully saturated rings. The van der Waals surface area contributed by atoms with Crippen LogP contribution < -0.4 is 10.6 Å². The van der Waals surface area contributed by atoms with Gasteiger partial charge in [-0.3, -0.25) is 24.0 Å². The van der Waals surface area contributed by atoms with E-state index < -0.39 is 29.6 Å². The third-order valence-corrected chi connectivity index (χ3v) is 5.68. The molecule has 1 saturated carbocycles. The summed E-state index contributed by atoms with van der Waals surface area (Å²) < 4.78 is 6.82. The second kappa shape index (κ2) is 7.84. The number of esters is 1. The van der Waals surface area contributed by atoms with Crippen LogP contribution >= 0.6 is 0 Å². The van der Waals surface area contributed by atoms with Crippen molar-refractivity contribution in [1.29, 1.82) is 0 Å². The maximum Gasteiger partial charge on any atom is 0.325 e. The predicted octanol–water partition coefficient (Wildman–Crippen LogP) is 1.16. The molecular formula is C19H27N5O5. The third kappa shape index (κ3) is 3.96. The molecule has 0 unspecified atom stereocenters. The van der Waals surface area contributed by atoms with Gasteiger partial charge in [-0.1, -0.05) is 12.8 Å².